The second-order valence-corrected chi connectivity index (χ2v) is 5.33. The SMILES string of the molecule is COc1ccc(Cc2nc3nccc(-c4ccncc4)n3n2)cc1. The number of benzene rings is 1. The first kappa shape index (κ1) is 14.3. The summed E-state index contributed by atoms with van der Waals surface area (Å²) in [5, 5.41) is 4.62. The maximum Gasteiger partial charge on any atom is 0.252 e. The van der Waals surface area contributed by atoms with Crippen molar-refractivity contribution in [2.75, 3.05) is 7.11 Å². The first-order chi connectivity index (χ1) is 11.8. The van der Waals surface area contributed by atoms with Gasteiger partial charge in [-0.3, -0.25) is 4.98 Å². The number of pyridine rings is 1. The molecule has 118 valence electrons. The van der Waals surface area contributed by atoms with E-state index in [1.54, 1.807) is 30.2 Å². The highest BCUT2D eigenvalue weighted by molar-refractivity contribution is 5.60. The lowest BCUT2D eigenvalue weighted by molar-refractivity contribution is 0.414. The third kappa shape index (κ3) is 2.69. The van der Waals surface area contributed by atoms with Crippen LogP contribution in [0.4, 0.5) is 0 Å². The third-order valence-electron chi connectivity index (χ3n) is 3.78. The molecule has 0 bridgehead atoms. The van der Waals surface area contributed by atoms with E-state index >= 15 is 0 Å². The average Bonchev–Trinajstić information content (AvgIpc) is 3.05. The standard InChI is InChI=1S/C18H15N5O/c1-24-15-4-2-13(3-5-15)12-17-21-18-20-11-8-16(23(18)22-17)14-6-9-19-10-7-14/h2-11H,12H2,1H3. The highest BCUT2D eigenvalue weighted by Gasteiger charge is 2.10. The number of nitrogens with zero attached hydrogens (tertiary/aromatic N) is 5. The fraction of sp³-hybridized carbons (Fsp3) is 0.111. The molecule has 6 heteroatoms. The normalized spacial score (nSPS) is 10.9. The first-order valence-electron chi connectivity index (χ1n) is 7.57. The molecule has 0 amide bonds. The Morgan fingerprint density at radius 2 is 1.75 bits per heavy atom. The highest BCUT2D eigenvalue weighted by Crippen LogP contribution is 2.19. The van der Waals surface area contributed by atoms with Gasteiger partial charge in [-0.25, -0.2) is 4.98 Å². The van der Waals surface area contributed by atoms with E-state index in [2.05, 4.69) is 20.1 Å². The lowest BCUT2D eigenvalue weighted by Gasteiger charge is -2.02. The fourth-order valence-corrected chi connectivity index (χ4v) is 2.58. The van der Waals surface area contributed by atoms with Crippen LogP contribution in [0.15, 0.2) is 61.1 Å². The van der Waals surface area contributed by atoms with Gasteiger partial charge in [0.05, 0.1) is 12.8 Å². The Balaban J connectivity index is 1.70. The van der Waals surface area contributed by atoms with Crippen LogP contribution in [0.2, 0.25) is 0 Å². The molecule has 3 heterocycles. The zero-order chi connectivity index (χ0) is 16.4. The molecule has 0 saturated heterocycles. The Kier molecular flexibility index (Phi) is 3.63. The predicted molar refractivity (Wildman–Crippen MR) is 89.8 cm³/mol. The zero-order valence-electron chi connectivity index (χ0n) is 13.1. The van der Waals surface area contributed by atoms with Gasteiger partial charge in [0.1, 0.15) is 5.75 Å². The molecule has 4 rings (SSSR count). The molecule has 0 N–H and O–H groups in total. The predicted octanol–water partition coefficient (Wildman–Crippen LogP) is 2.79. The van der Waals surface area contributed by atoms with E-state index < -0.39 is 0 Å². The van der Waals surface area contributed by atoms with Gasteiger partial charge >= 0.3 is 0 Å². The lowest BCUT2D eigenvalue weighted by atomic mass is 10.1. The molecule has 0 saturated carbocycles. The van der Waals surface area contributed by atoms with Crippen LogP contribution in [0.1, 0.15) is 11.4 Å². The molecular formula is C18H15N5O. The maximum atomic E-state index is 5.18. The van der Waals surface area contributed by atoms with E-state index in [0.717, 1.165) is 28.4 Å². The number of rotatable bonds is 4. The number of ether oxygens (including phenoxy) is 1. The molecule has 0 atom stereocenters. The monoisotopic (exact) mass is 317 g/mol. The Bertz CT molecular complexity index is 964. The molecule has 0 radical (unpaired) electrons. The minimum atomic E-state index is 0.591. The summed E-state index contributed by atoms with van der Waals surface area (Å²) in [6, 6.07) is 13.7. The summed E-state index contributed by atoms with van der Waals surface area (Å²) < 4.78 is 6.95. The van der Waals surface area contributed by atoms with Crippen molar-refractivity contribution < 1.29 is 4.74 Å². The number of hydrogen-bond donors (Lipinski definition) is 0. The number of hydrogen-bond acceptors (Lipinski definition) is 5. The second kappa shape index (κ2) is 6.08. The molecule has 3 aromatic heterocycles. The minimum Gasteiger partial charge on any atom is -0.497 e. The highest BCUT2D eigenvalue weighted by atomic mass is 16.5. The molecule has 4 aromatic rings. The van der Waals surface area contributed by atoms with E-state index in [1.807, 2.05) is 42.5 Å². The van der Waals surface area contributed by atoms with Crippen molar-refractivity contribution in [3.8, 4) is 17.0 Å². The van der Waals surface area contributed by atoms with Gasteiger partial charge in [0.25, 0.3) is 5.78 Å². The summed E-state index contributed by atoms with van der Waals surface area (Å²) in [5.74, 6) is 2.16. The average molecular weight is 317 g/mol. The fourth-order valence-electron chi connectivity index (χ4n) is 2.58. The van der Waals surface area contributed by atoms with E-state index in [9.17, 15) is 0 Å². The van der Waals surface area contributed by atoms with Crippen molar-refractivity contribution in [2.45, 2.75) is 6.42 Å². The zero-order valence-corrected chi connectivity index (χ0v) is 13.1. The van der Waals surface area contributed by atoms with Crippen LogP contribution >= 0.6 is 0 Å². The number of methoxy groups -OCH3 is 1. The van der Waals surface area contributed by atoms with E-state index in [4.69, 9.17) is 4.74 Å². The van der Waals surface area contributed by atoms with Gasteiger partial charge in [-0.1, -0.05) is 12.1 Å². The summed E-state index contributed by atoms with van der Waals surface area (Å²) in [4.78, 5) is 12.9. The van der Waals surface area contributed by atoms with Crippen LogP contribution in [0.3, 0.4) is 0 Å². The van der Waals surface area contributed by atoms with E-state index in [-0.39, 0.29) is 0 Å². The second-order valence-electron chi connectivity index (χ2n) is 5.33. The van der Waals surface area contributed by atoms with Gasteiger partial charge in [-0.2, -0.15) is 9.50 Å². The van der Waals surface area contributed by atoms with Crippen LogP contribution in [-0.2, 0) is 6.42 Å². The summed E-state index contributed by atoms with van der Waals surface area (Å²) in [7, 11) is 1.66. The molecule has 0 unspecified atom stereocenters. The molecule has 24 heavy (non-hydrogen) atoms. The van der Waals surface area contributed by atoms with Gasteiger partial charge in [0.2, 0.25) is 0 Å². The molecule has 1 aromatic carbocycles. The van der Waals surface area contributed by atoms with Gasteiger partial charge in [0, 0.05) is 30.6 Å². The molecule has 0 fully saturated rings. The summed E-state index contributed by atoms with van der Waals surface area (Å²) >= 11 is 0. The smallest absolute Gasteiger partial charge is 0.252 e. The Labute approximate surface area is 138 Å². The van der Waals surface area contributed by atoms with Crippen molar-refractivity contribution in [1.29, 1.82) is 0 Å². The van der Waals surface area contributed by atoms with Gasteiger partial charge < -0.3 is 4.74 Å². The van der Waals surface area contributed by atoms with Gasteiger partial charge in [-0.15, -0.1) is 5.10 Å². The van der Waals surface area contributed by atoms with Gasteiger partial charge in [-0.05, 0) is 35.9 Å². The quantitative estimate of drug-likeness (QED) is 0.579. The van der Waals surface area contributed by atoms with Crippen molar-refractivity contribution in [3.05, 3.63) is 72.4 Å². The summed E-state index contributed by atoms with van der Waals surface area (Å²) in [6.45, 7) is 0. The third-order valence-corrected chi connectivity index (χ3v) is 3.78. The van der Waals surface area contributed by atoms with Crippen LogP contribution in [0, 0.1) is 0 Å². The van der Waals surface area contributed by atoms with E-state index in [0.29, 0.717) is 12.2 Å². The molecule has 6 nitrogen and oxygen atoms in total. The minimum absolute atomic E-state index is 0.591. The Hall–Kier alpha value is -3.28. The summed E-state index contributed by atoms with van der Waals surface area (Å²) in [6.07, 6.45) is 5.91. The van der Waals surface area contributed by atoms with Crippen LogP contribution in [0.25, 0.3) is 17.0 Å². The van der Waals surface area contributed by atoms with Crippen LogP contribution < -0.4 is 4.74 Å². The molecule has 0 aliphatic rings. The topological polar surface area (TPSA) is 65.2 Å². The lowest BCUT2D eigenvalue weighted by Crippen LogP contribution is -1.96. The molecule has 0 aliphatic carbocycles. The Morgan fingerprint density at radius 1 is 0.958 bits per heavy atom. The van der Waals surface area contributed by atoms with E-state index in [1.165, 1.54) is 0 Å². The number of aromatic nitrogens is 5. The maximum absolute atomic E-state index is 5.18. The summed E-state index contributed by atoms with van der Waals surface area (Å²) in [5.41, 5.74) is 3.09. The first-order valence-corrected chi connectivity index (χ1v) is 7.57. The van der Waals surface area contributed by atoms with Gasteiger partial charge in [0.15, 0.2) is 5.82 Å². The largest absolute Gasteiger partial charge is 0.497 e. The van der Waals surface area contributed by atoms with Crippen LogP contribution in [-0.4, -0.2) is 31.7 Å². The molecule has 0 spiro atoms. The van der Waals surface area contributed by atoms with Crippen molar-refractivity contribution in [1.82, 2.24) is 24.6 Å². The molecular weight excluding hydrogens is 302 g/mol. The van der Waals surface area contributed by atoms with Crippen molar-refractivity contribution >= 4 is 5.78 Å². The van der Waals surface area contributed by atoms with Crippen molar-refractivity contribution in [3.63, 3.8) is 0 Å². The Morgan fingerprint density at radius 3 is 2.50 bits per heavy atom. The number of fused-ring (bicyclic) bond motifs is 1. The molecule has 0 aliphatic heterocycles. The van der Waals surface area contributed by atoms with Crippen molar-refractivity contribution in [2.24, 2.45) is 0 Å². The van der Waals surface area contributed by atoms with Crippen LogP contribution in [0.5, 0.6) is 5.75 Å².